The maximum absolute atomic E-state index is 13.8. The van der Waals surface area contributed by atoms with Crippen LogP contribution in [0.1, 0.15) is 28.9 Å². The van der Waals surface area contributed by atoms with Gasteiger partial charge in [-0.05, 0) is 48.0 Å². The number of esters is 1. The van der Waals surface area contributed by atoms with E-state index >= 15 is 0 Å². The number of ether oxygens (including phenoxy) is 4. The molecule has 9 atom stereocenters. The van der Waals surface area contributed by atoms with E-state index < -0.39 is 113 Å². The molecule has 53 heavy (non-hydrogen) atoms. The highest BCUT2D eigenvalue weighted by Gasteiger charge is 2.50. The summed E-state index contributed by atoms with van der Waals surface area (Å²) in [5, 5.41) is 106. The second kappa shape index (κ2) is 15.0. The minimum absolute atomic E-state index is 0.0996. The van der Waals surface area contributed by atoms with Crippen LogP contribution < -0.4 is 10.2 Å². The first-order valence-electron chi connectivity index (χ1n) is 16.1. The van der Waals surface area contributed by atoms with Gasteiger partial charge >= 0.3 is 5.97 Å². The first kappa shape index (κ1) is 37.5. The summed E-state index contributed by atoms with van der Waals surface area (Å²) >= 11 is 0. The molecule has 0 saturated carbocycles. The fourth-order valence-corrected chi connectivity index (χ4v) is 6.36. The number of hydrogen-bond donors (Lipinski definition) is 10. The molecule has 6 rings (SSSR count). The molecule has 0 bridgehead atoms. The molecule has 10 N–H and O–H groups in total. The lowest BCUT2D eigenvalue weighted by Gasteiger charge is -2.42. The van der Waals surface area contributed by atoms with Crippen molar-refractivity contribution in [1.82, 2.24) is 0 Å². The quantitative estimate of drug-likeness (QED) is 0.0854. The summed E-state index contributed by atoms with van der Waals surface area (Å²) in [4.78, 5) is 27.0. The van der Waals surface area contributed by atoms with Crippen LogP contribution in [0.5, 0.6) is 28.7 Å². The zero-order valence-corrected chi connectivity index (χ0v) is 27.7. The van der Waals surface area contributed by atoms with Gasteiger partial charge in [-0.25, -0.2) is 4.79 Å². The van der Waals surface area contributed by atoms with E-state index in [0.717, 1.165) is 12.1 Å². The molecule has 1 aromatic heterocycles. The number of aliphatic hydroxyl groups is 6. The number of fused-ring (bicyclic) bond motifs is 1. The van der Waals surface area contributed by atoms with Crippen molar-refractivity contribution in [3.05, 3.63) is 81.5 Å². The highest BCUT2D eigenvalue weighted by atomic mass is 16.6. The Balaban J connectivity index is 1.54. The van der Waals surface area contributed by atoms with E-state index in [1.54, 1.807) is 0 Å². The number of carbonyl (C=O) groups is 1. The van der Waals surface area contributed by atoms with Gasteiger partial charge in [0.15, 0.2) is 28.6 Å². The Morgan fingerprint density at radius 2 is 1.58 bits per heavy atom. The Bertz CT molecular complexity index is 2080. The number of benzene rings is 3. The van der Waals surface area contributed by atoms with Crippen LogP contribution in [0.15, 0.2) is 63.8 Å². The van der Waals surface area contributed by atoms with Gasteiger partial charge in [0.1, 0.15) is 77.2 Å². The van der Waals surface area contributed by atoms with Crippen molar-refractivity contribution in [3.63, 3.8) is 0 Å². The number of methoxy groups -OCH3 is 1. The molecule has 17 heteroatoms. The summed E-state index contributed by atoms with van der Waals surface area (Å²) in [6.45, 7) is -1.49. The van der Waals surface area contributed by atoms with E-state index in [4.69, 9.17) is 23.4 Å². The summed E-state index contributed by atoms with van der Waals surface area (Å²) in [7, 11) is 1.32. The van der Waals surface area contributed by atoms with Crippen LogP contribution in [0.25, 0.3) is 28.4 Å². The number of carbonyl (C=O) groups excluding carboxylic acids is 1. The molecule has 2 fully saturated rings. The van der Waals surface area contributed by atoms with Crippen molar-refractivity contribution < 1.29 is 79.2 Å². The summed E-state index contributed by atoms with van der Waals surface area (Å²) < 4.78 is 28.1. The lowest BCUT2D eigenvalue weighted by molar-refractivity contribution is -0.239. The van der Waals surface area contributed by atoms with Gasteiger partial charge in [0.2, 0.25) is 0 Å². The maximum atomic E-state index is 13.8. The summed E-state index contributed by atoms with van der Waals surface area (Å²) in [5.74, 6) is -3.41. The molecular weight excluding hydrogens is 704 g/mol. The average molecular weight is 741 g/mol. The van der Waals surface area contributed by atoms with Crippen molar-refractivity contribution >= 4 is 23.0 Å². The topological polar surface area (TPSA) is 286 Å². The smallest absolute Gasteiger partial charge is 0.331 e. The third kappa shape index (κ3) is 6.99. The van der Waals surface area contributed by atoms with E-state index in [1.807, 2.05) is 0 Å². The SMILES string of the molecule is COc1cc(C=CC(=O)O[C@@H]2[C@@H](O)[C@@H](O)[C@@H](CO)O[C@@H]2c2c(O)c([C@@H]3OC[C@H](O)[C@H](O)[C@H]3O)c(O)c3c(=O)cc(-c4ccc(O)cc4)oc23)ccc1O. The molecule has 17 nitrogen and oxygen atoms in total. The molecule has 3 heterocycles. The molecular formula is C36H36O17. The van der Waals surface area contributed by atoms with Gasteiger partial charge < -0.3 is 74.4 Å². The zero-order valence-electron chi connectivity index (χ0n) is 27.7. The number of phenols is 4. The highest BCUT2D eigenvalue weighted by Crippen LogP contribution is 2.51. The van der Waals surface area contributed by atoms with E-state index in [-0.39, 0.29) is 28.6 Å². The predicted molar refractivity (Wildman–Crippen MR) is 180 cm³/mol. The van der Waals surface area contributed by atoms with Gasteiger partial charge in [0.25, 0.3) is 0 Å². The molecule has 2 aliphatic heterocycles. The number of aromatic hydroxyl groups is 4. The monoisotopic (exact) mass is 740 g/mol. The van der Waals surface area contributed by atoms with Gasteiger partial charge in [-0.3, -0.25) is 4.79 Å². The van der Waals surface area contributed by atoms with Crippen LogP contribution in [0.3, 0.4) is 0 Å². The molecule has 282 valence electrons. The van der Waals surface area contributed by atoms with Crippen molar-refractivity contribution in [3.8, 4) is 40.1 Å². The van der Waals surface area contributed by atoms with Crippen LogP contribution in [-0.4, -0.2) is 120 Å². The molecule has 2 saturated heterocycles. The minimum Gasteiger partial charge on any atom is -0.508 e. The van der Waals surface area contributed by atoms with Crippen molar-refractivity contribution in [2.24, 2.45) is 0 Å². The zero-order chi connectivity index (χ0) is 38.3. The molecule has 0 amide bonds. The first-order chi connectivity index (χ1) is 25.2. The number of rotatable bonds is 8. The van der Waals surface area contributed by atoms with E-state index in [0.29, 0.717) is 5.56 Å². The first-order valence-corrected chi connectivity index (χ1v) is 16.1. The molecule has 0 spiro atoms. The Labute approximate surface area is 299 Å². The van der Waals surface area contributed by atoms with Crippen molar-refractivity contribution in [2.75, 3.05) is 20.3 Å². The third-order valence-corrected chi connectivity index (χ3v) is 9.15. The minimum atomic E-state index is -2.02. The standard InChI is InChI=1S/C36H36O17/c1-49-21-10-14(2-8-17(21)39)3-9-23(42)53-36-32(48)28(44)22(12-37)52-35(36)26-30(46)25(34-31(47)27(43)19(41)13-50-34)29(45)24-18(40)11-20(51-33(24)26)15-4-6-16(38)7-5-15/h2-11,19,22,27-28,31-32,34-39,41,43-48H,12-13H2,1H3/t19-,22+,27-,28-,31+,32-,34-,35+,36+/m0/s1. The summed E-state index contributed by atoms with van der Waals surface area (Å²) in [6, 6.07) is 10.5. The molecule has 0 aliphatic carbocycles. The average Bonchev–Trinajstić information content (AvgIpc) is 3.13. The van der Waals surface area contributed by atoms with Gasteiger partial charge in [-0.1, -0.05) is 6.07 Å². The predicted octanol–water partition coefficient (Wildman–Crippen LogP) is 0.224. The van der Waals surface area contributed by atoms with Gasteiger partial charge in [-0.15, -0.1) is 0 Å². The van der Waals surface area contributed by atoms with Gasteiger partial charge in [0, 0.05) is 17.7 Å². The lowest BCUT2D eigenvalue weighted by Crippen LogP contribution is -2.56. The number of hydrogen-bond acceptors (Lipinski definition) is 17. The molecule has 0 radical (unpaired) electrons. The number of phenolic OH excluding ortho intramolecular Hbond substituents is 4. The maximum Gasteiger partial charge on any atom is 0.331 e. The molecule has 0 unspecified atom stereocenters. The normalized spacial score (nSPS) is 27.6. The second-order valence-corrected chi connectivity index (χ2v) is 12.5. The van der Waals surface area contributed by atoms with Gasteiger partial charge in [0.05, 0.1) is 31.5 Å². The Kier molecular flexibility index (Phi) is 10.6. The van der Waals surface area contributed by atoms with Crippen LogP contribution in [-0.2, 0) is 19.0 Å². The summed E-state index contributed by atoms with van der Waals surface area (Å²) in [6.07, 6.45) is -14.3. The van der Waals surface area contributed by atoms with Crippen molar-refractivity contribution in [1.29, 1.82) is 0 Å². The summed E-state index contributed by atoms with van der Waals surface area (Å²) in [5.41, 5.74) is -2.13. The Hall–Kier alpha value is -5.24. The fourth-order valence-electron chi connectivity index (χ4n) is 6.36. The van der Waals surface area contributed by atoms with Crippen LogP contribution in [0.4, 0.5) is 0 Å². The third-order valence-electron chi connectivity index (χ3n) is 9.15. The van der Waals surface area contributed by atoms with E-state index in [2.05, 4.69) is 0 Å². The van der Waals surface area contributed by atoms with E-state index in [9.17, 15) is 60.7 Å². The van der Waals surface area contributed by atoms with Crippen LogP contribution in [0.2, 0.25) is 0 Å². The lowest BCUT2D eigenvalue weighted by atomic mass is 9.85. The molecule has 4 aromatic rings. The van der Waals surface area contributed by atoms with Gasteiger partial charge in [-0.2, -0.15) is 0 Å². The largest absolute Gasteiger partial charge is 0.508 e. The molecule has 2 aliphatic rings. The second-order valence-electron chi connectivity index (χ2n) is 12.5. The van der Waals surface area contributed by atoms with Crippen LogP contribution in [0, 0.1) is 0 Å². The number of aliphatic hydroxyl groups excluding tert-OH is 6. The van der Waals surface area contributed by atoms with Crippen LogP contribution >= 0.6 is 0 Å². The fraction of sp³-hybridized carbons (Fsp3) is 0.333. The van der Waals surface area contributed by atoms with E-state index in [1.165, 1.54) is 55.7 Å². The Morgan fingerprint density at radius 1 is 0.868 bits per heavy atom. The highest BCUT2D eigenvalue weighted by molar-refractivity contribution is 5.92. The molecule has 3 aromatic carbocycles. The Morgan fingerprint density at radius 3 is 2.26 bits per heavy atom. The van der Waals surface area contributed by atoms with Crippen molar-refractivity contribution in [2.45, 2.75) is 54.9 Å².